The van der Waals surface area contributed by atoms with Crippen LogP contribution < -0.4 is 5.32 Å². The molecule has 0 radical (unpaired) electrons. The maximum absolute atomic E-state index is 11.9. The Morgan fingerprint density at radius 1 is 1.42 bits per heavy atom. The number of hydrogen-bond acceptors (Lipinski definition) is 2. The molecule has 3 fully saturated rings. The van der Waals surface area contributed by atoms with E-state index in [9.17, 15) is 4.79 Å². The van der Waals surface area contributed by atoms with E-state index >= 15 is 0 Å². The lowest BCUT2D eigenvalue weighted by Gasteiger charge is -2.52. The van der Waals surface area contributed by atoms with Crippen molar-refractivity contribution in [3.8, 4) is 0 Å². The molecule has 19 heavy (non-hydrogen) atoms. The Balaban J connectivity index is 1.93. The van der Waals surface area contributed by atoms with Gasteiger partial charge in [0, 0.05) is 19.1 Å². The summed E-state index contributed by atoms with van der Waals surface area (Å²) in [5.41, 5.74) is 0.537. The van der Waals surface area contributed by atoms with Gasteiger partial charge in [0.25, 0.3) is 0 Å². The van der Waals surface area contributed by atoms with E-state index in [0.29, 0.717) is 29.9 Å². The van der Waals surface area contributed by atoms with Gasteiger partial charge in [-0.3, -0.25) is 4.79 Å². The Kier molecular flexibility index (Phi) is 2.97. The Hall–Kier alpha value is -0.570. The molecule has 2 saturated carbocycles. The third kappa shape index (κ3) is 1.70. The maximum Gasteiger partial charge on any atom is 0.219 e. The highest BCUT2D eigenvalue weighted by atomic mass is 16.5. The lowest BCUT2D eigenvalue weighted by molar-refractivity contribution is -0.133. The molecule has 0 aromatic carbocycles. The number of nitrogens with one attached hydrogen (secondary N) is 1. The van der Waals surface area contributed by atoms with Crippen LogP contribution in [0.15, 0.2) is 0 Å². The summed E-state index contributed by atoms with van der Waals surface area (Å²) in [7, 11) is 0. The smallest absolute Gasteiger partial charge is 0.219 e. The Morgan fingerprint density at radius 3 is 2.84 bits per heavy atom. The van der Waals surface area contributed by atoms with E-state index in [1.807, 2.05) is 6.92 Å². The zero-order valence-electron chi connectivity index (χ0n) is 12.7. The largest absolute Gasteiger partial charge is 0.378 e. The Labute approximate surface area is 116 Å². The second-order valence-corrected chi connectivity index (χ2v) is 7.48. The molecular formula is C16H27NO2. The van der Waals surface area contributed by atoms with Crippen LogP contribution >= 0.6 is 0 Å². The van der Waals surface area contributed by atoms with E-state index in [1.54, 1.807) is 0 Å². The quantitative estimate of drug-likeness (QED) is 0.833. The first-order chi connectivity index (χ1) is 8.91. The highest BCUT2D eigenvalue weighted by molar-refractivity contribution is 5.76. The van der Waals surface area contributed by atoms with Gasteiger partial charge in [-0.15, -0.1) is 0 Å². The summed E-state index contributed by atoms with van der Waals surface area (Å²) in [6, 6.07) is 0.336. The average molecular weight is 265 g/mol. The number of fused-ring (bicyclic) bond motifs is 1. The Bertz CT molecular complexity index is 392. The van der Waals surface area contributed by atoms with Crippen molar-refractivity contribution in [3.05, 3.63) is 0 Å². The summed E-state index contributed by atoms with van der Waals surface area (Å²) in [5, 5.41) is 3.37. The normalized spacial score (nSPS) is 46.9. The summed E-state index contributed by atoms with van der Waals surface area (Å²) in [4.78, 5) is 11.9. The van der Waals surface area contributed by atoms with Gasteiger partial charge in [0.2, 0.25) is 5.91 Å². The minimum atomic E-state index is 0.206. The van der Waals surface area contributed by atoms with Crippen molar-refractivity contribution < 1.29 is 9.53 Å². The third-order valence-electron chi connectivity index (χ3n) is 6.42. The van der Waals surface area contributed by atoms with Crippen molar-refractivity contribution in [1.29, 1.82) is 0 Å². The number of rotatable bonds is 2. The molecule has 0 aromatic rings. The third-order valence-corrected chi connectivity index (χ3v) is 6.42. The molecule has 3 aliphatic rings. The van der Waals surface area contributed by atoms with Crippen LogP contribution in [0.5, 0.6) is 0 Å². The van der Waals surface area contributed by atoms with Crippen LogP contribution in [0, 0.1) is 22.7 Å². The molecule has 3 rings (SSSR count). The van der Waals surface area contributed by atoms with E-state index < -0.39 is 0 Å². The summed E-state index contributed by atoms with van der Waals surface area (Å²) in [6.45, 7) is 9.72. The highest BCUT2D eigenvalue weighted by Crippen LogP contribution is 2.68. The molecule has 1 heterocycles. The predicted octanol–water partition coefficient (Wildman–Crippen LogP) is 2.74. The zero-order valence-corrected chi connectivity index (χ0v) is 12.7. The van der Waals surface area contributed by atoms with E-state index in [4.69, 9.17) is 4.74 Å². The van der Waals surface area contributed by atoms with Crippen LogP contribution in [0.25, 0.3) is 0 Å². The topological polar surface area (TPSA) is 38.3 Å². The number of hydrogen-bond donors (Lipinski definition) is 1. The second kappa shape index (κ2) is 4.21. The standard InChI is InChI=1S/C16H27NO2/c1-5-13(18)17-14-15(3,4)11-8-12-10(2)19-7-6-16(12,14)9-11/h10-12,14H,5-9H2,1-4H3,(H,17,18)/t10-,11-,12-,14+,16?/m1/s1. The molecule has 1 amide bonds. The molecule has 5 atom stereocenters. The lowest BCUT2D eigenvalue weighted by atomic mass is 9.59. The molecule has 3 heteroatoms. The molecule has 1 unspecified atom stereocenters. The van der Waals surface area contributed by atoms with Crippen molar-refractivity contribution >= 4 is 5.91 Å². The molecular weight excluding hydrogens is 238 g/mol. The van der Waals surface area contributed by atoms with Gasteiger partial charge in [0.15, 0.2) is 0 Å². The molecule has 108 valence electrons. The van der Waals surface area contributed by atoms with Gasteiger partial charge in [0.1, 0.15) is 0 Å². The van der Waals surface area contributed by atoms with E-state index in [0.717, 1.165) is 18.9 Å². The van der Waals surface area contributed by atoms with Crippen molar-refractivity contribution in [3.63, 3.8) is 0 Å². The summed E-state index contributed by atoms with van der Waals surface area (Å²) in [6.07, 6.45) is 4.64. The minimum Gasteiger partial charge on any atom is -0.378 e. The number of carbonyl (C=O) groups excluding carboxylic acids is 1. The van der Waals surface area contributed by atoms with Gasteiger partial charge in [-0.25, -0.2) is 0 Å². The highest BCUT2D eigenvalue weighted by Gasteiger charge is 2.67. The van der Waals surface area contributed by atoms with Crippen molar-refractivity contribution in [2.24, 2.45) is 22.7 Å². The molecule has 2 aliphatic carbocycles. The molecule has 1 saturated heterocycles. The minimum absolute atomic E-state index is 0.206. The van der Waals surface area contributed by atoms with E-state index in [-0.39, 0.29) is 11.3 Å². The predicted molar refractivity (Wildman–Crippen MR) is 74.7 cm³/mol. The van der Waals surface area contributed by atoms with Gasteiger partial charge in [0.05, 0.1) is 6.10 Å². The van der Waals surface area contributed by atoms with Crippen LogP contribution in [0.1, 0.15) is 53.4 Å². The lowest BCUT2D eigenvalue weighted by Crippen LogP contribution is -2.59. The van der Waals surface area contributed by atoms with Crippen molar-refractivity contribution in [2.45, 2.75) is 65.5 Å². The zero-order chi connectivity index (χ0) is 13.8. The van der Waals surface area contributed by atoms with E-state index in [1.165, 1.54) is 12.8 Å². The number of amides is 1. The van der Waals surface area contributed by atoms with Gasteiger partial charge < -0.3 is 10.1 Å². The van der Waals surface area contributed by atoms with Crippen molar-refractivity contribution in [1.82, 2.24) is 5.32 Å². The van der Waals surface area contributed by atoms with Crippen LogP contribution in [0.4, 0.5) is 0 Å². The SMILES string of the molecule is CCC(=O)N[C@H]1C(C)(C)[C@@H]2C[C@@H]3[C@@H](C)OCCC31C2. The van der Waals surface area contributed by atoms with Crippen molar-refractivity contribution in [2.75, 3.05) is 6.61 Å². The number of carbonyl (C=O) groups is 1. The second-order valence-electron chi connectivity index (χ2n) is 7.48. The van der Waals surface area contributed by atoms with Gasteiger partial charge >= 0.3 is 0 Å². The fourth-order valence-electron chi connectivity index (χ4n) is 5.34. The Morgan fingerprint density at radius 2 is 2.16 bits per heavy atom. The van der Waals surface area contributed by atoms with Crippen LogP contribution in [0.3, 0.4) is 0 Å². The van der Waals surface area contributed by atoms with Gasteiger partial charge in [-0.05, 0) is 48.9 Å². The monoisotopic (exact) mass is 265 g/mol. The van der Waals surface area contributed by atoms with Gasteiger partial charge in [-0.2, -0.15) is 0 Å². The van der Waals surface area contributed by atoms with Gasteiger partial charge in [-0.1, -0.05) is 20.8 Å². The fourth-order valence-corrected chi connectivity index (χ4v) is 5.34. The maximum atomic E-state index is 11.9. The average Bonchev–Trinajstić information content (AvgIpc) is 2.84. The summed E-state index contributed by atoms with van der Waals surface area (Å²) >= 11 is 0. The molecule has 1 N–H and O–H groups in total. The van der Waals surface area contributed by atoms with E-state index in [2.05, 4.69) is 26.1 Å². The summed E-state index contributed by atoms with van der Waals surface area (Å²) in [5.74, 6) is 1.59. The molecule has 1 spiro atoms. The first-order valence-electron chi connectivity index (χ1n) is 7.83. The molecule has 3 nitrogen and oxygen atoms in total. The summed E-state index contributed by atoms with van der Waals surface area (Å²) < 4.78 is 5.87. The molecule has 1 aliphatic heterocycles. The molecule has 2 bridgehead atoms. The first kappa shape index (κ1) is 13.4. The number of ether oxygens (including phenoxy) is 1. The molecule has 0 aromatic heterocycles. The van der Waals surface area contributed by atoms with Crippen LogP contribution in [-0.4, -0.2) is 24.7 Å². The van der Waals surface area contributed by atoms with Crippen LogP contribution in [-0.2, 0) is 9.53 Å². The first-order valence-corrected chi connectivity index (χ1v) is 7.83. The fraction of sp³-hybridized carbons (Fsp3) is 0.938. The van der Waals surface area contributed by atoms with Crippen LogP contribution in [0.2, 0.25) is 0 Å².